The molecular weight excluding hydrogens is 174 g/mol. The average molecular weight is 191 g/mol. The van der Waals surface area contributed by atoms with Crippen LogP contribution in [-0.4, -0.2) is 42.2 Å². The van der Waals surface area contributed by atoms with Gasteiger partial charge in [-0.2, -0.15) is 0 Å². The number of likely N-dealkylation sites (N-methyl/N-ethyl adjacent to an activating group) is 1. The molecule has 13 heavy (non-hydrogen) atoms. The Morgan fingerprint density at radius 3 is 2.85 bits per heavy atom. The lowest BCUT2D eigenvalue weighted by Gasteiger charge is -2.17. The molecule has 0 aliphatic carbocycles. The summed E-state index contributed by atoms with van der Waals surface area (Å²) < 4.78 is 0. The third kappa shape index (κ3) is 7.66. The quantitative estimate of drug-likeness (QED) is 0.354. The van der Waals surface area contributed by atoms with Crippen molar-refractivity contribution in [2.45, 2.75) is 19.4 Å². The number of carbonyl (C=O) groups excluding carboxylic acids is 1. The number of hydrogen-bond acceptors (Lipinski definition) is 6. The van der Waals surface area contributed by atoms with E-state index in [1.807, 2.05) is 17.5 Å². The van der Waals surface area contributed by atoms with Gasteiger partial charge < -0.3 is 14.8 Å². The highest BCUT2D eigenvalue weighted by Gasteiger charge is 2.06. The van der Waals surface area contributed by atoms with Crippen LogP contribution in [0.5, 0.6) is 0 Å². The van der Waals surface area contributed by atoms with Crippen LogP contribution in [0, 0.1) is 0 Å². The van der Waals surface area contributed by atoms with E-state index in [1.165, 1.54) is 0 Å². The van der Waals surface area contributed by atoms with Gasteiger partial charge in [-0.1, -0.05) is 5.59 Å². The molecule has 78 valence electrons. The Morgan fingerprint density at radius 2 is 2.38 bits per heavy atom. The van der Waals surface area contributed by atoms with Crippen molar-refractivity contribution >= 4 is 5.97 Å². The Hall–Kier alpha value is -0.690. The molecule has 0 radical (unpaired) electrons. The van der Waals surface area contributed by atoms with Gasteiger partial charge in [0.15, 0.2) is 0 Å². The molecule has 4 N–H and O–H groups in total. The lowest BCUT2D eigenvalue weighted by atomic mass is 10.3. The lowest BCUT2D eigenvalue weighted by Crippen LogP contribution is -2.32. The largest absolute Gasteiger partial charge is 0.392 e. The van der Waals surface area contributed by atoms with Crippen LogP contribution < -0.4 is 11.4 Å². The molecule has 0 bridgehead atoms. The molecule has 0 rings (SSSR count). The Balaban J connectivity index is 3.45. The number of nitrogens with zero attached hydrogens (tertiary/aromatic N) is 1. The van der Waals surface area contributed by atoms with Crippen molar-refractivity contribution in [1.82, 2.24) is 10.5 Å². The highest BCUT2D eigenvalue weighted by Crippen LogP contribution is 1.91. The number of rotatable bonds is 6. The highest BCUT2D eigenvalue weighted by molar-refractivity contribution is 5.69. The number of nitrogens with two attached hydrogens (primary N) is 1. The molecule has 0 saturated carbocycles. The van der Waals surface area contributed by atoms with Crippen molar-refractivity contribution in [1.29, 1.82) is 0 Å². The minimum atomic E-state index is -0.417. The summed E-state index contributed by atoms with van der Waals surface area (Å²) in [6, 6.07) is 0. The summed E-state index contributed by atoms with van der Waals surface area (Å²) in [6.07, 6.45) is -0.151. The van der Waals surface area contributed by atoms with Gasteiger partial charge in [0.05, 0.1) is 12.5 Å². The number of aliphatic hydroxyl groups is 1. The van der Waals surface area contributed by atoms with Gasteiger partial charge in [0, 0.05) is 13.1 Å². The maximum absolute atomic E-state index is 10.8. The van der Waals surface area contributed by atoms with Crippen molar-refractivity contribution in [3.8, 4) is 0 Å². The lowest BCUT2D eigenvalue weighted by molar-refractivity contribution is -0.151. The molecule has 6 nitrogen and oxygen atoms in total. The van der Waals surface area contributed by atoms with Gasteiger partial charge in [-0.05, 0) is 14.0 Å². The minimum absolute atomic E-state index is 0.243. The number of nitrogens with one attached hydrogen (secondary N) is 1. The molecule has 6 heteroatoms. The minimum Gasteiger partial charge on any atom is -0.392 e. The fourth-order valence-corrected chi connectivity index (χ4v) is 0.941. The normalized spacial score (nSPS) is 13.0. The topological polar surface area (TPSA) is 87.8 Å². The summed E-state index contributed by atoms with van der Waals surface area (Å²) in [7, 11) is 1.82. The van der Waals surface area contributed by atoms with Gasteiger partial charge in [0.2, 0.25) is 0 Å². The summed E-state index contributed by atoms with van der Waals surface area (Å²) in [6.45, 7) is 2.75. The van der Waals surface area contributed by atoms with Gasteiger partial charge in [-0.25, -0.2) is 5.84 Å². The molecule has 1 atom stereocenters. The fourth-order valence-electron chi connectivity index (χ4n) is 0.941. The van der Waals surface area contributed by atoms with E-state index >= 15 is 0 Å². The molecule has 0 aromatic heterocycles. The van der Waals surface area contributed by atoms with Crippen molar-refractivity contribution in [2.75, 3.05) is 20.1 Å². The molecule has 0 amide bonds. The van der Waals surface area contributed by atoms with E-state index in [1.54, 1.807) is 6.92 Å². The predicted molar refractivity (Wildman–Crippen MR) is 47.2 cm³/mol. The summed E-state index contributed by atoms with van der Waals surface area (Å²) >= 11 is 0. The van der Waals surface area contributed by atoms with Crippen molar-refractivity contribution in [3.63, 3.8) is 0 Å². The summed E-state index contributed by atoms with van der Waals surface area (Å²) in [5.74, 6) is 4.35. The summed E-state index contributed by atoms with van der Waals surface area (Å²) in [4.78, 5) is 16.9. The van der Waals surface area contributed by atoms with Crippen molar-refractivity contribution in [2.24, 2.45) is 5.84 Å². The van der Waals surface area contributed by atoms with Crippen LogP contribution in [0.15, 0.2) is 0 Å². The number of hydrazine groups is 1. The Morgan fingerprint density at radius 1 is 1.77 bits per heavy atom. The van der Waals surface area contributed by atoms with Gasteiger partial charge >= 0.3 is 5.97 Å². The molecule has 0 aromatic rings. The Bertz CT molecular complexity index is 152. The van der Waals surface area contributed by atoms with E-state index in [4.69, 9.17) is 10.9 Å². The first-order chi connectivity index (χ1) is 6.06. The van der Waals surface area contributed by atoms with Crippen LogP contribution in [0.1, 0.15) is 13.3 Å². The van der Waals surface area contributed by atoms with E-state index in [-0.39, 0.29) is 6.42 Å². The van der Waals surface area contributed by atoms with Crippen LogP contribution in [-0.2, 0) is 9.63 Å². The van der Waals surface area contributed by atoms with E-state index in [2.05, 4.69) is 4.84 Å². The molecule has 0 aliphatic rings. The van der Waals surface area contributed by atoms with E-state index in [0.717, 1.165) is 0 Å². The van der Waals surface area contributed by atoms with Crippen LogP contribution in [0.2, 0.25) is 0 Å². The molecule has 0 spiro atoms. The average Bonchev–Trinajstić information content (AvgIpc) is 2.00. The second-order valence-electron chi connectivity index (χ2n) is 2.95. The van der Waals surface area contributed by atoms with Gasteiger partial charge in [-0.15, -0.1) is 0 Å². The van der Waals surface area contributed by atoms with Crippen molar-refractivity contribution in [3.05, 3.63) is 0 Å². The Kier molecular flexibility index (Phi) is 6.43. The van der Waals surface area contributed by atoms with Crippen LogP contribution in [0.25, 0.3) is 0 Å². The number of hydrogen-bond donors (Lipinski definition) is 3. The first-order valence-electron chi connectivity index (χ1n) is 4.08. The molecular formula is C7H17N3O3. The summed E-state index contributed by atoms with van der Waals surface area (Å²) in [5.41, 5.74) is 1.81. The molecule has 0 aliphatic heterocycles. The third-order valence-corrected chi connectivity index (χ3v) is 1.45. The molecule has 0 aromatic carbocycles. The number of aliphatic hydroxyl groups excluding tert-OH is 1. The fraction of sp³-hybridized carbons (Fsp3) is 0.857. The summed E-state index contributed by atoms with van der Waals surface area (Å²) in [5, 5.41) is 9.00. The zero-order chi connectivity index (χ0) is 10.3. The van der Waals surface area contributed by atoms with Crippen LogP contribution in [0.4, 0.5) is 0 Å². The second-order valence-corrected chi connectivity index (χ2v) is 2.95. The first-order valence-corrected chi connectivity index (χ1v) is 4.08. The van der Waals surface area contributed by atoms with Crippen molar-refractivity contribution < 1.29 is 14.7 Å². The number of carbonyl (C=O) groups is 1. The molecule has 0 saturated heterocycles. The SMILES string of the molecule is CC(O)CN(C)CCC(=O)ONN. The second kappa shape index (κ2) is 6.79. The highest BCUT2D eigenvalue weighted by atomic mass is 16.7. The first kappa shape index (κ1) is 12.3. The van der Waals surface area contributed by atoms with Gasteiger partial charge in [0.25, 0.3) is 0 Å². The predicted octanol–water partition coefficient (Wildman–Crippen LogP) is -1.39. The smallest absolute Gasteiger partial charge is 0.327 e. The van der Waals surface area contributed by atoms with Gasteiger partial charge in [0.1, 0.15) is 0 Å². The molecule has 1 unspecified atom stereocenters. The van der Waals surface area contributed by atoms with E-state index in [9.17, 15) is 4.79 Å². The molecule has 0 heterocycles. The monoisotopic (exact) mass is 191 g/mol. The maximum Gasteiger partial charge on any atom is 0.327 e. The Labute approximate surface area is 77.6 Å². The van der Waals surface area contributed by atoms with Crippen LogP contribution >= 0.6 is 0 Å². The standard InChI is InChI=1S/C7H17N3O3/c1-6(11)5-10(2)4-3-7(12)13-9-8/h6,9,11H,3-5,8H2,1-2H3. The van der Waals surface area contributed by atoms with E-state index < -0.39 is 12.1 Å². The zero-order valence-electron chi connectivity index (χ0n) is 7.99. The molecule has 0 fully saturated rings. The van der Waals surface area contributed by atoms with Crippen LogP contribution in [0.3, 0.4) is 0 Å². The maximum atomic E-state index is 10.8. The zero-order valence-corrected chi connectivity index (χ0v) is 7.99. The van der Waals surface area contributed by atoms with Gasteiger partial charge in [-0.3, -0.25) is 4.79 Å². The van der Waals surface area contributed by atoms with E-state index in [0.29, 0.717) is 13.1 Å². The third-order valence-electron chi connectivity index (χ3n) is 1.45.